The van der Waals surface area contributed by atoms with E-state index in [-0.39, 0.29) is 6.04 Å². The Morgan fingerprint density at radius 2 is 1.91 bits per heavy atom. The molecule has 0 radical (unpaired) electrons. The average molecular weight is 306 g/mol. The molecule has 3 heterocycles. The van der Waals surface area contributed by atoms with Crippen molar-refractivity contribution in [2.45, 2.75) is 25.4 Å². The summed E-state index contributed by atoms with van der Waals surface area (Å²) in [5, 5.41) is 4.13. The van der Waals surface area contributed by atoms with Crippen LogP contribution >= 0.6 is 0 Å². The second-order valence-corrected chi connectivity index (χ2v) is 5.81. The zero-order chi connectivity index (χ0) is 15.5. The molecule has 1 fully saturated rings. The second kappa shape index (κ2) is 6.30. The Hall–Kier alpha value is -2.53. The molecule has 5 heteroatoms. The lowest BCUT2D eigenvalue weighted by atomic mass is 10.2. The fourth-order valence-electron chi connectivity index (χ4n) is 3.10. The standard InChI is InChI=1S/C18H18N4O/c1-2-5-14(6-3-1)13-22-12-4-7-16(22)18-20-17(21-23-18)15-8-10-19-11-9-15/h1-3,5-6,8-11,16H,4,7,12-13H2/t16-/m1/s1. The third kappa shape index (κ3) is 3.00. The molecule has 1 aliphatic rings. The molecule has 0 aliphatic carbocycles. The Morgan fingerprint density at radius 3 is 2.74 bits per heavy atom. The van der Waals surface area contributed by atoms with Gasteiger partial charge < -0.3 is 4.52 Å². The summed E-state index contributed by atoms with van der Waals surface area (Å²) in [7, 11) is 0. The van der Waals surface area contributed by atoms with Crippen LogP contribution in [0.5, 0.6) is 0 Å². The minimum Gasteiger partial charge on any atom is -0.337 e. The number of rotatable bonds is 4. The van der Waals surface area contributed by atoms with Gasteiger partial charge in [-0.1, -0.05) is 35.5 Å². The number of nitrogens with zero attached hydrogens (tertiary/aromatic N) is 4. The zero-order valence-corrected chi connectivity index (χ0v) is 12.8. The smallest absolute Gasteiger partial charge is 0.244 e. The molecule has 1 saturated heterocycles. The molecule has 4 rings (SSSR count). The number of aromatic nitrogens is 3. The molecule has 0 bridgehead atoms. The number of likely N-dealkylation sites (tertiary alicyclic amines) is 1. The molecule has 2 aromatic heterocycles. The van der Waals surface area contributed by atoms with Gasteiger partial charge >= 0.3 is 0 Å². The SMILES string of the molecule is c1ccc(CN2CCC[C@@H]2c2nc(-c3ccncc3)no2)cc1. The minimum absolute atomic E-state index is 0.207. The van der Waals surface area contributed by atoms with Crippen molar-refractivity contribution in [2.75, 3.05) is 6.54 Å². The van der Waals surface area contributed by atoms with Crippen molar-refractivity contribution in [3.05, 3.63) is 66.3 Å². The van der Waals surface area contributed by atoms with Gasteiger partial charge in [-0.3, -0.25) is 9.88 Å². The Balaban J connectivity index is 1.54. The fourth-order valence-corrected chi connectivity index (χ4v) is 3.10. The Kier molecular flexibility index (Phi) is 3.86. The van der Waals surface area contributed by atoms with Crippen molar-refractivity contribution in [3.63, 3.8) is 0 Å². The van der Waals surface area contributed by atoms with E-state index in [0.717, 1.165) is 31.5 Å². The summed E-state index contributed by atoms with van der Waals surface area (Å²) in [6, 6.07) is 14.5. The summed E-state index contributed by atoms with van der Waals surface area (Å²) in [5.41, 5.74) is 2.25. The highest BCUT2D eigenvalue weighted by atomic mass is 16.5. The zero-order valence-electron chi connectivity index (χ0n) is 12.8. The quantitative estimate of drug-likeness (QED) is 0.738. The predicted molar refractivity (Wildman–Crippen MR) is 86.4 cm³/mol. The third-order valence-corrected chi connectivity index (χ3v) is 4.26. The monoisotopic (exact) mass is 306 g/mol. The highest BCUT2D eigenvalue weighted by Gasteiger charge is 2.30. The van der Waals surface area contributed by atoms with Crippen molar-refractivity contribution < 1.29 is 4.52 Å². The van der Waals surface area contributed by atoms with E-state index in [9.17, 15) is 0 Å². The first-order chi connectivity index (χ1) is 11.4. The Labute approximate surface area is 135 Å². The lowest BCUT2D eigenvalue weighted by Crippen LogP contribution is -2.22. The van der Waals surface area contributed by atoms with Gasteiger partial charge in [0.1, 0.15) is 0 Å². The first-order valence-electron chi connectivity index (χ1n) is 7.92. The number of hydrogen-bond acceptors (Lipinski definition) is 5. The average Bonchev–Trinajstić information content (AvgIpc) is 3.25. The van der Waals surface area contributed by atoms with E-state index in [0.29, 0.717) is 11.7 Å². The molecule has 1 aliphatic heterocycles. The van der Waals surface area contributed by atoms with Gasteiger partial charge in [0.15, 0.2) is 0 Å². The van der Waals surface area contributed by atoms with Crippen LogP contribution in [0.3, 0.4) is 0 Å². The van der Waals surface area contributed by atoms with E-state index in [1.54, 1.807) is 12.4 Å². The van der Waals surface area contributed by atoms with Crippen molar-refractivity contribution in [1.82, 2.24) is 20.0 Å². The number of hydrogen-bond donors (Lipinski definition) is 0. The number of pyridine rings is 1. The fraction of sp³-hybridized carbons (Fsp3) is 0.278. The van der Waals surface area contributed by atoms with Gasteiger partial charge in [0, 0.05) is 24.5 Å². The summed E-state index contributed by atoms with van der Waals surface area (Å²) in [6.07, 6.45) is 5.70. The van der Waals surface area contributed by atoms with Crippen molar-refractivity contribution in [1.29, 1.82) is 0 Å². The molecular formula is C18H18N4O. The van der Waals surface area contributed by atoms with E-state index >= 15 is 0 Å². The molecule has 0 N–H and O–H groups in total. The molecule has 116 valence electrons. The van der Waals surface area contributed by atoms with Crippen molar-refractivity contribution in [3.8, 4) is 11.4 Å². The first-order valence-corrected chi connectivity index (χ1v) is 7.92. The Bertz CT molecular complexity index is 757. The van der Waals surface area contributed by atoms with Gasteiger partial charge in [-0.25, -0.2) is 0 Å². The van der Waals surface area contributed by atoms with E-state index in [4.69, 9.17) is 4.52 Å². The largest absolute Gasteiger partial charge is 0.337 e. The molecule has 0 amide bonds. The van der Waals surface area contributed by atoms with Gasteiger partial charge in [0.25, 0.3) is 0 Å². The van der Waals surface area contributed by atoms with Crippen LogP contribution in [0.2, 0.25) is 0 Å². The van der Waals surface area contributed by atoms with Gasteiger partial charge in [0.05, 0.1) is 6.04 Å². The highest BCUT2D eigenvalue weighted by molar-refractivity contribution is 5.52. The van der Waals surface area contributed by atoms with Crippen LogP contribution in [0.15, 0.2) is 59.4 Å². The summed E-state index contributed by atoms with van der Waals surface area (Å²) >= 11 is 0. The molecule has 1 aromatic carbocycles. The van der Waals surface area contributed by atoms with Crippen LogP contribution in [0, 0.1) is 0 Å². The lowest BCUT2D eigenvalue weighted by molar-refractivity contribution is 0.201. The maximum absolute atomic E-state index is 5.55. The molecule has 1 atom stereocenters. The van der Waals surface area contributed by atoms with Crippen LogP contribution < -0.4 is 0 Å². The van der Waals surface area contributed by atoms with E-state index in [1.165, 1.54) is 5.56 Å². The molecular weight excluding hydrogens is 288 g/mol. The maximum Gasteiger partial charge on any atom is 0.244 e. The molecule has 5 nitrogen and oxygen atoms in total. The van der Waals surface area contributed by atoms with Crippen LogP contribution in [0.4, 0.5) is 0 Å². The van der Waals surface area contributed by atoms with Gasteiger partial charge in [-0.2, -0.15) is 4.98 Å². The topological polar surface area (TPSA) is 55.1 Å². The van der Waals surface area contributed by atoms with Crippen LogP contribution in [0.25, 0.3) is 11.4 Å². The molecule has 0 unspecified atom stereocenters. The second-order valence-electron chi connectivity index (χ2n) is 5.81. The van der Waals surface area contributed by atoms with Crippen molar-refractivity contribution >= 4 is 0 Å². The lowest BCUT2D eigenvalue weighted by Gasteiger charge is -2.21. The summed E-state index contributed by atoms with van der Waals surface area (Å²) in [4.78, 5) is 11.0. The minimum atomic E-state index is 0.207. The van der Waals surface area contributed by atoms with E-state index < -0.39 is 0 Å². The van der Waals surface area contributed by atoms with E-state index in [1.807, 2.05) is 18.2 Å². The van der Waals surface area contributed by atoms with Gasteiger partial charge in [-0.15, -0.1) is 0 Å². The van der Waals surface area contributed by atoms with Crippen LogP contribution in [-0.4, -0.2) is 26.6 Å². The molecule has 3 aromatic rings. The molecule has 0 saturated carbocycles. The highest BCUT2D eigenvalue weighted by Crippen LogP contribution is 2.33. The van der Waals surface area contributed by atoms with Crippen LogP contribution in [-0.2, 0) is 6.54 Å². The summed E-state index contributed by atoms with van der Waals surface area (Å²) in [5.74, 6) is 1.35. The number of benzene rings is 1. The van der Waals surface area contributed by atoms with E-state index in [2.05, 4.69) is 44.3 Å². The summed E-state index contributed by atoms with van der Waals surface area (Å²) < 4.78 is 5.55. The molecule has 23 heavy (non-hydrogen) atoms. The normalized spacial score (nSPS) is 18.3. The van der Waals surface area contributed by atoms with Gasteiger partial charge in [0.2, 0.25) is 11.7 Å². The maximum atomic E-state index is 5.55. The van der Waals surface area contributed by atoms with Crippen LogP contribution in [0.1, 0.15) is 30.3 Å². The van der Waals surface area contributed by atoms with Gasteiger partial charge in [-0.05, 0) is 37.1 Å². The summed E-state index contributed by atoms with van der Waals surface area (Å²) in [6.45, 7) is 1.98. The first kappa shape index (κ1) is 14.1. The van der Waals surface area contributed by atoms with Crippen molar-refractivity contribution in [2.24, 2.45) is 0 Å². The Morgan fingerprint density at radius 1 is 1.09 bits per heavy atom. The third-order valence-electron chi connectivity index (χ3n) is 4.26. The molecule has 0 spiro atoms. The predicted octanol–water partition coefficient (Wildman–Crippen LogP) is 3.47.